The highest BCUT2D eigenvalue weighted by Crippen LogP contribution is 2.34. The van der Waals surface area contributed by atoms with Gasteiger partial charge in [-0.3, -0.25) is 4.90 Å². The Hall–Kier alpha value is -1.26. The number of hydrogen-bond donors (Lipinski definition) is 1. The molecule has 1 aromatic rings. The molecule has 0 saturated heterocycles. The molecule has 3 rings (SSSR count). The Bertz CT molecular complexity index is 432. The van der Waals surface area contributed by atoms with E-state index in [0.29, 0.717) is 6.79 Å². The number of hydrogen-bond acceptors (Lipinski definition) is 4. The number of benzene rings is 1. The molecule has 1 saturated carbocycles. The molecule has 4 heteroatoms. The van der Waals surface area contributed by atoms with E-state index in [2.05, 4.69) is 11.8 Å². The normalized spacial score (nSPS) is 19.3. The fourth-order valence-electron chi connectivity index (χ4n) is 2.48. The molecule has 1 atom stereocenters. The van der Waals surface area contributed by atoms with E-state index in [9.17, 15) is 0 Å². The van der Waals surface area contributed by atoms with Gasteiger partial charge >= 0.3 is 0 Å². The molecule has 0 bridgehead atoms. The molecule has 98 valence electrons. The van der Waals surface area contributed by atoms with E-state index in [4.69, 9.17) is 15.2 Å². The molecule has 2 N–H and O–H groups in total. The molecule has 0 radical (unpaired) electrons. The van der Waals surface area contributed by atoms with E-state index in [1.54, 1.807) is 0 Å². The average molecular weight is 248 g/mol. The molecule has 1 aliphatic carbocycles. The quantitative estimate of drug-likeness (QED) is 0.864. The molecule has 1 unspecified atom stereocenters. The van der Waals surface area contributed by atoms with Crippen molar-refractivity contribution < 1.29 is 9.47 Å². The highest BCUT2D eigenvalue weighted by Gasteiger charge is 2.29. The van der Waals surface area contributed by atoms with Gasteiger partial charge in [0.25, 0.3) is 0 Å². The van der Waals surface area contributed by atoms with Gasteiger partial charge in [0.05, 0.1) is 0 Å². The molecule has 1 aromatic carbocycles. The summed E-state index contributed by atoms with van der Waals surface area (Å²) in [6, 6.07) is 6.80. The minimum absolute atomic E-state index is 0.0417. The van der Waals surface area contributed by atoms with Gasteiger partial charge in [-0.25, -0.2) is 0 Å². The Morgan fingerprint density at radius 3 is 2.83 bits per heavy atom. The first kappa shape index (κ1) is 11.8. The van der Waals surface area contributed by atoms with Crippen LogP contribution in [0.15, 0.2) is 18.2 Å². The Kier molecular flexibility index (Phi) is 3.14. The van der Waals surface area contributed by atoms with Gasteiger partial charge in [0, 0.05) is 18.6 Å². The van der Waals surface area contributed by atoms with Crippen molar-refractivity contribution in [2.24, 2.45) is 5.73 Å². The number of fused-ring (bicyclic) bond motifs is 1. The summed E-state index contributed by atoms with van der Waals surface area (Å²) in [6.45, 7) is 4.51. The third-order valence-corrected chi connectivity index (χ3v) is 3.73. The maximum Gasteiger partial charge on any atom is 0.231 e. The summed E-state index contributed by atoms with van der Waals surface area (Å²) in [7, 11) is 0. The highest BCUT2D eigenvalue weighted by atomic mass is 16.7. The Morgan fingerprint density at radius 1 is 1.33 bits per heavy atom. The van der Waals surface area contributed by atoms with E-state index in [1.165, 1.54) is 12.8 Å². The second kappa shape index (κ2) is 4.78. The largest absolute Gasteiger partial charge is 0.454 e. The molecule has 2 aliphatic rings. The summed E-state index contributed by atoms with van der Waals surface area (Å²) in [5.74, 6) is 1.64. The van der Waals surface area contributed by atoms with Crippen LogP contribution in [-0.4, -0.2) is 30.8 Å². The second-order valence-corrected chi connectivity index (χ2v) is 5.04. The second-order valence-electron chi connectivity index (χ2n) is 5.04. The van der Waals surface area contributed by atoms with Crippen LogP contribution >= 0.6 is 0 Å². The van der Waals surface area contributed by atoms with E-state index in [0.717, 1.165) is 36.2 Å². The zero-order valence-electron chi connectivity index (χ0n) is 10.8. The number of ether oxygens (including phenoxy) is 2. The maximum absolute atomic E-state index is 6.29. The molecular weight excluding hydrogens is 228 g/mol. The molecule has 0 aromatic heterocycles. The number of nitrogens with zero attached hydrogens (tertiary/aromatic N) is 1. The molecular formula is C14H20N2O2. The first-order valence-electron chi connectivity index (χ1n) is 6.67. The monoisotopic (exact) mass is 248 g/mol. The van der Waals surface area contributed by atoms with Crippen LogP contribution in [0.25, 0.3) is 0 Å². The molecule has 0 amide bonds. The Morgan fingerprint density at radius 2 is 2.11 bits per heavy atom. The van der Waals surface area contributed by atoms with Gasteiger partial charge in [-0.2, -0.15) is 0 Å². The molecule has 1 fully saturated rings. The van der Waals surface area contributed by atoms with Gasteiger partial charge in [-0.15, -0.1) is 0 Å². The van der Waals surface area contributed by atoms with Crippen molar-refractivity contribution in [1.82, 2.24) is 4.90 Å². The molecule has 1 heterocycles. The van der Waals surface area contributed by atoms with Crippen LogP contribution in [-0.2, 0) is 0 Å². The number of nitrogens with two attached hydrogens (primary N) is 1. The molecule has 0 spiro atoms. The van der Waals surface area contributed by atoms with Crippen molar-refractivity contribution >= 4 is 0 Å². The smallest absolute Gasteiger partial charge is 0.231 e. The first-order chi connectivity index (χ1) is 8.78. The van der Waals surface area contributed by atoms with Crippen LogP contribution in [0.3, 0.4) is 0 Å². The summed E-state index contributed by atoms with van der Waals surface area (Å²) >= 11 is 0. The van der Waals surface area contributed by atoms with Gasteiger partial charge < -0.3 is 15.2 Å². The highest BCUT2D eigenvalue weighted by molar-refractivity contribution is 5.45. The lowest BCUT2D eigenvalue weighted by Gasteiger charge is -2.24. The minimum atomic E-state index is 0.0417. The SMILES string of the molecule is CCN(CC(N)c1ccc2c(c1)OCO2)C1CC1. The van der Waals surface area contributed by atoms with Gasteiger partial charge in [-0.1, -0.05) is 13.0 Å². The topological polar surface area (TPSA) is 47.7 Å². The third kappa shape index (κ3) is 2.31. The van der Waals surface area contributed by atoms with E-state index in [1.807, 2.05) is 18.2 Å². The lowest BCUT2D eigenvalue weighted by Crippen LogP contribution is -2.33. The predicted molar refractivity (Wildman–Crippen MR) is 69.8 cm³/mol. The van der Waals surface area contributed by atoms with Gasteiger partial charge in [0.2, 0.25) is 6.79 Å². The van der Waals surface area contributed by atoms with Crippen LogP contribution in [0.5, 0.6) is 11.5 Å². The molecule has 4 nitrogen and oxygen atoms in total. The standard InChI is InChI=1S/C14H20N2O2/c1-2-16(11-4-5-11)8-12(15)10-3-6-13-14(7-10)18-9-17-13/h3,6-7,11-12H,2,4-5,8-9,15H2,1H3. The van der Waals surface area contributed by atoms with Gasteiger partial charge in [0.1, 0.15) is 0 Å². The van der Waals surface area contributed by atoms with Gasteiger partial charge in [-0.05, 0) is 37.1 Å². The van der Waals surface area contributed by atoms with Crippen LogP contribution < -0.4 is 15.2 Å². The zero-order chi connectivity index (χ0) is 12.5. The average Bonchev–Trinajstić information content (AvgIpc) is 3.12. The molecule has 18 heavy (non-hydrogen) atoms. The minimum Gasteiger partial charge on any atom is -0.454 e. The Labute approximate surface area is 108 Å². The number of rotatable bonds is 5. The van der Waals surface area contributed by atoms with Crippen LogP contribution in [0.4, 0.5) is 0 Å². The van der Waals surface area contributed by atoms with E-state index in [-0.39, 0.29) is 6.04 Å². The summed E-state index contributed by atoms with van der Waals surface area (Å²) in [5, 5.41) is 0. The van der Waals surface area contributed by atoms with Crippen molar-refractivity contribution in [3.05, 3.63) is 23.8 Å². The number of likely N-dealkylation sites (N-methyl/N-ethyl adjacent to an activating group) is 1. The lowest BCUT2D eigenvalue weighted by atomic mass is 10.1. The van der Waals surface area contributed by atoms with Crippen LogP contribution in [0.1, 0.15) is 31.4 Å². The van der Waals surface area contributed by atoms with Crippen molar-refractivity contribution in [3.63, 3.8) is 0 Å². The fraction of sp³-hybridized carbons (Fsp3) is 0.571. The maximum atomic E-state index is 6.29. The summed E-state index contributed by atoms with van der Waals surface area (Å²) in [6.07, 6.45) is 2.64. The lowest BCUT2D eigenvalue weighted by molar-refractivity contribution is 0.174. The summed E-state index contributed by atoms with van der Waals surface area (Å²) in [4.78, 5) is 2.47. The van der Waals surface area contributed by atoms with Crippen LogP contribution in [0, 0.1) is 0 Å². The summed E-state index contributed by atoms with van der Waals surface area (Å²) < 4.78 is 10.7. The van der Waals surface area contributed by atoms with Gasteiger partial charge in [0.15, 0.2) is 11.5 Å². The zero-order valence-corrected chi connectivity index (χ0v) is 10.8. The van der Waals surface area contributed by atoms with Crippen molar-refractivity contribution in [3.8, 4) is 11.5 Å². The first-order valence-corrected chi connectivity index (χ1v) is 6.67. The predicted octanol–water partition coefficient (Wildman–Crippen LogP) is 1.90. The third-order valence-electron chi connectivity index (χ3n) is 3.73. The van der Waals surface area contributed by atoms with Crippen molar-refractivity contribution in [2.45, 2.75) is 31.8 Å². The van der Waals surface area contributed by atoms with E-state index < -0.39 is 0 Å². The Balaban J connectivity index is 1.69. The molecule has 1 aliphatic heterocycles. The summed E-state index contributed by atoms with van der Waals surface area (Å²) in [5.41, 5.74) is 7.42. The van der Waals surface area contributed by atoms with Crippen molar-refractivity contribution in [2.75, 3.05) is 19.9 Å². The fourth-order valence-corrected chi connectivity index (χ4v) is 2.48. The van der Waals surface area contributed by atoms with E-state index >= 15 is 0 Å². The van der Waals surface area contributed by atoms with Crippen LogP contribution in [0.2, 0.25) is 0 Å². The van der Waals surface area contributed by atoms with Crippen molar-refractivity contribution in [1.29, 1.82) is 0 Å².